The van der Waals surface area contributed by atoms with Crippen molar-refractivity contribution in [3.05, 3.63) is 10.0 Å². The van der Waals surface area contributed by atoms with E-state index in [1.807, 2.05) is 6.92 Å². The van der Waals surface area contributed by atoms with E-state index in [4.69, 9.17) is 11.6 Å². The summed E-state index contributed by atoms with van der Waals surface area (Å²) in [7, 11) is 0. The summed E-state index contributed by atoms with van der Waals surface area (Å²) in [4.78, 5) is 0. The highest BCUT2D eigenvalue weighted by molar-refractivity contribution is 7.11. The van der Waals surface area contributed by atoms with Gasteiger partial charge in [-0.3, -0.25) is 0 Å². The Morgan fingerprint density at radius 1 is 1.29 bits per heavy atom. The van der Waals surface area contributed by atoms with E-state index in [-0.39, 0.29) is 5.38 Å². The molecule has 0 saturated heterocycles. The van der Waals surface area contributed by atoms with E-state index in [9.17, 15) is 0 Å². The average Bonchev–Trinajstić information content (AvgIpc) is 2.68. The van der Waals surface area contributed by atoms with E-state index >= 15 is 0 Å². The normalized spacial score (nSPS) is 21.0. The summed E-state index contributed by atoms with van der Waals surface area (Å²) in [6.07, 6.45) is 6.64. The molecule has 1 heterocycles. The zero-order chi connectivity index (χ0) is 9.97. The first-order valence-corrected chi connectivity index (χ1v) is 6.50. The second kappa shape index (κ2) is 4.58. The summed E-state index contributed by atoms with van der Waals surface area (Å²) in [6, 6.07) is 0. The molecule has 0 N–H and O–H groups in total. The number of aromatic nitrogens is 2. The molecule has 14 heavy (non-hydrogen) atoms. The van der Waals surface area contributed by atoms with Gasteiger partial charge in [-0.2, -0.15) is 0 Å². The predicted octanol–water partition coefficient (Wildman–Crippen LogP) is 3.89. The first-order chi connectivity index (χ1) is 6.77. The standard InChI is InChI=1S/C10H15ClN2S/c1-7(11)9-12-13-10(14-9)8-5-3-2-4-6-8/h7-8H,2-6H2,1H3. The van der Waals surface area contributed by atoms with Gasteiger partial charge in [0.1, 0.15) is 10.0 Å². The molecule has 0 aliphatic heterocycles. The number of rotatable bonds is 2. The number of halogens is 1. The minimum absolute atomic E-state index is 0.00448. The van der Waals surface area contributed by atoms with Crippen LogP contribution in [0.2, 0.25) is 0 Å². The summed E-state index contributed by atoms with van der Waals surface area (Å²) >= 11 is 7.66. The van der Waals surface area contributed by atoms with Gasteiger partial charge in [-0.05, 0) is 19.8 Å². The van der Waals surface area contributed by atoms with Gasteiger partial charge in [0.15, 0.2) is 0 Å². The van der Waals surface area contributed by atoms with Crippen molar-refractivity contribution in [1.29, 1.82) is 0 Å². The maximum atomic E-state index is 5.96. The number of hydrogen-bond acceptors (Lipinski definition) is 3. The van der Waals surface area contributed by atoms with Crippen LogP contribution in [0.3, 0.4) is 0 Å². The van der Waals surface area contributed by atoms with Crippen LogP contribution in [0.25, 0.3) is 0 Å². The molecular formula is C10H15ClN2S. The molecule has 1 aromatic rings. The van der Waals surface area contributed by atoms with Crippen molar-refractivity contribution in [3.63, 3.8) is 0 Å². The molecule has 1 aliphatic rings. The minimum atomic E-state index is 0.00448. The smallest absolute Gasteiger partial charge is 0.135 e. The van der Waals surface area contributed by atoms with Crippen molar-refractivity contribution in [1.82, 2.24) is 10.2 Å². The van der Waals surface area contributed by atoms with Crippen LogP contribution in [0.15, 0.2) is 0 Å². The fraction of sp³-hybridized carbons (Fsp3) is 0.800. The highest BCUT2D eigenvalue weighted by Gasteiger charge is 2.20. The van der Waals surface area contributed by atoms with Gasteiger partial charge < -0.3 is 0 Å². The molecule has 0 spiro atoms. The molecule has 1 unspecified atom stereocenters. The third-order valence-corrected chi connectivity index (χ3v) is 4.36. The molecule has 1 saturated carbocycles. The fourth-order valence-electron chi connectivity index (χ4n) is 1.92. The Balaban J connectivity index is 2.07. The molecule has 4 heteroatoms. The van der Waals surface area contributed by atoms with Crippen LogP contribution in [-0.2, 0) is 0 Å². The summed E-state index contributed by atoms with van der Waals surface area (Å²) in [5.41, 5.74) is 0. The Hall–Kier alpha value is -0.150. The SMILES string of the molecule is CC(Cl)c1nnc(C2CCCCC2)s1. The molecule has 1 fully saturated rings. The van der Waals surface area contributed by atoms with Gasteiger partial charge in [0.25, 0.3) is 0 Å². The molecule has 0 aromatic carbocycles. The Morgan fingerprint density at radius 3 is 2.57 bits per heavy atom. The molecule has 1 aliphatic carbocycles. The van der Waals surface area contributed by atoms with Gasteiger partial charge >= 0.3 is 0 Å². The van der Waals surface area contributed by atoms with Crippen molar-refractivity contribution in [3.8, 4) is 0 Å². The van der Waals surface area contributed by atoms with Gasteiger partial charge in [0.2, 0.25) is 0 Å². The molecule has 2 nitrogen and oxygen atoms in total. The largest absolute Gasteiger partial charge is 0.143 e. The van der Waals surface area contributed by atoms with Crippen molar-refractivity contribution < 1.29 is 0 Å². The van der Waals surface area contributed by atoms with E-state index in [0.717, 1.165) is 5.01 Å². The van der Waals surface area contributed by atoms with Crippen molar-refractivity contribution >= 4 is 22.9 Å². The van der Waals surface area contributed by atoms with Gasteiger partial charge in [-0.15, -0.1) is 21.8 Å². The van der Waals surface area contributed by atoms with Gasteiger partial charge in [0.05, 0.1) is 5.38 Å². The first-order valence-electron chi connectivity index (χ1n) is 5.24. The zero-order valence-electron chi connectivity index (χ0n) is 8.37. The topological polar surface area (TPSA) is 25.8 Å². The van der Waals surface area contributed by atoms with Crippen LogP contribution in [0.1, 0.15) is 60.3 Å². The zero-order valence-corrected chi connectivity index (χ0v) is 9.94. The van der Waals surface area contributed by atoms with Crippen LogP contribution in [0, 0.1) is 0 Å². The maximum absolute atomic E-state index is 5.96. The fourth-order valence-corrected chi connectivity index (χ4v) is 3.04. The predicted molar refractivity (Wildman–Crippen MR) is 60.0 cm³/mol. The highest BCUT2D eigenvalue weighted by atomic mass is 35.5. The Morgan fingerprint density at radius 2 is 2.00 bits per heavy atom. The third kappa shape index (κ3) is 2.26. The molecule has 1 atom stereocenters. The Labute approximate surface area is 93.7 Å². The highest BCUT2D eigenvalue weighted by Crippen LogP contribution is 2.35. The van der Waals surface area contributed by atoms with Gasteiger partial charge in [-0.25, -0.2) is 0 Å². The second-order valence-corrected chi connectivity index (χ2v) is 5.62. The molecule has 0 bridgehead atoms. The molecule has 1 aromatic heterocycles. The van der Waals surface area contributed by atoms with Crippen LogP contribution in [0.4, 0.5) is 0 Å². The van der Waals surface area contributed by atoms with Crippen LogP contribution in [-0.4, -0.2) is 10.2 Å². The lowest BCUT2D eigenvalue weighted by atomic mass is 9.90. The van der Waals surface area contributed by atoms with Crippen LogP contribution >= 0.6 is 22.9 Å². The number of alkyl halides is 1. The van der Waals surface area contributed by atoms with Crippen LogP contribution < -0.4 is 0 Å². The lowest BCUT2D eigenvalue weighted by Crippen LogP contribution is -2.03. The third-order valence-electron chi connectivity index (χ3n) is 2.75. The minimum Gasteiger partial charge on any atom is -0.143 e. The van der Waals surface area contributed by atoms with E-state index in [2.05, 4.69) is 10.2 Å². The lowest BCUT2D eigenvalue weighted by molar-refractivity contribution is 0.440. The average molecular weight is 231 g/mol. The molecular weight excluding hydrogens is 216 g/mol. The first kappa shape index (κ1) is 10.4. The summed E-state index contributed by atoms with van der Waals surface area (Å²) < 4.78 is 0. The summed E-state index contributed by atoms with van der Waals surface area (Å²) in [6.45, 7) is 1.95. The van der Waals surface area contributed by atoms with Crippen LogP contribution in [0.5, 0.6) is 0 Å². The molecule has 78 valence electrons. The van der Waals surface area contributed by atoms with E-state index in [1.54, 1.807) is 11.3 Å². The van der Waals surface area contributed by atoms with Gasteiger partial charge in [0, 0.05) is 5.92 Å². The van der Waals surface area contributed by atoms with E-state index in [1.165, 1.54) is 37.1 Å². The number of nitrogens with zero attached hydrogens (tertiary/aromatic N) is 2. The van der Waals surface area contributed by atoms with E-state index < -0.39 is 0 Å². The molecule has 2 rings (SSSR count). The summed E-state index contributed by atoms with van der Waals surface area (Å²) in [5, 5.41) is 10.5. The Bertz CT molecular complexity index is 292. The maximum Gasteiger partial charge on any atom is 0.135 e. The van der Waals surface area contributed by atoms with E-state index in [0.29, 0.717) is 5.92 Å². The van der Waals surface area contributed by atoms with Crippen molar-refractivity contribution in [2.24, 2.45) is 0 Å². The molecule has 0 radical (unpaired) electrons. The second-order valence-electron chi connectivity index (χ2n) is 3.93. The number of hydrogen-bond donors (Lipinski definition) is 0. The summed E-state index contributed by atoms with van der Waals surface area (Å²) in [5.74, 6) is 0.658. The monoisotopic (exact) mass is 230 g/mol. The Kier molecular flexibility index (Phi) is 3.39. The lowest BCUT2D eigenvalue weighted by Gasteiger charge is -2.18. The van der Waals surface area contributed by atoms with Crippen molar-refractivity contribution in [2.75, 3.05) is 0 Å². The quantitative estimate of drug-likeness (QED) is 0.721. The van der Waals surface area contributed by atoms with Crippen molar-refractivity contribution in [2.45, 2.75) is 50.3 Å². The van der Waals surface area contributed by atoms with Gasteiger partial charge in [-0.1, -0.05) is 30.6 Å². The molecule has 0 amide bonds.